The van der Waals surface area contributed by atoms with E-state index in [1.807, 2.05) is 0 Å². The fourth-order valence-electron chi connectivity index (χ4n) is 2.21. The van der Waals surface area contributed by atoms with Gasteiger partial charge in [0.15, 0.2) is 0 Å². The molecular formula is C12H13F2NO2. The van der Waals surface area contributed by atoms with E-state index >= 15 is 0 Å². The van der Waals surface area contributed by atoms with E-state index in [-0.39, 0.29) is 6.04 Å². The topological polar surface area (TPSA) is 63.3 Å². The van der Waals surface area contributed by atoms with Crippen LogP contribution in [0.1, 0.15) is 35.7 Å². The summed E-state index contributed by atoms with van der Waals surface area (Å²) in [5.41, 5.74) is 4.95. The number of nitrogens with two attached hydrogens (primary N) is 1. The second-order valence-corrected chi connectivity index (χ2v) is 4.56. The van der Waals surface area contributed by atoms with Gasteiger partial charge in [0.25, 0.3) is 0 Å². The predicted octanol–water partition coefficient (Wildman–Crippen LogP) is 2.04. The minimum atomic E-state index is -1.60. The first kappa shape index (κ1) is 12.0. The molecule has 0 aromatic heterocycles. The third-order valence-corrected chi connectivity index (χ3v) is 3.49. The summed E-state index contributed by atoms with van der Waals surface area (Å²) in [6.45, 7) is 1.79. The van der Waals surface area contributed by atoms with Crippen LogP contribution >= 0.6 is 0 Å². The van der Waals surface area contributed by atoms with Gasteiger partial charge in [0.05, 0.1) is 0 Å². The van der Waals surface area contributed by atoms with Gasteiger partial charge in [-0.15, -0.1) is 0 Å². The van der Waals surface area contributed by atoms with Crippen LogP contribution in [-0.4, -0.2) is 17.1 Å². The molecule has 0 radical (unpaired) electrons. The Labute approximate surface area is 97.2 Å². The van der Waals surface area contributed by atoms with Crippen LogP contribution in [-0.2, 0) is 5.41 Å². The summed E-state index contributed by atoms with van der Waals surface area (Å²) in [7, 11) is 0. The molecule has 0 aliphatic heterocycles. The molecule has 0 saturated heterocycles. The number of rotatable bonds is 3. The normalized spacial score (nSPS) is 18.8. The van der Waals surface area contributed by atoms with Crippen molar-refractivity contribution in [1.29, 1.82) is 0 Å². The van der Waals surface area contributed by atoms with Gasteiger partial charge in [-0.1, -0.05) is 0 Å². The van der Waals surface area contributed by atoms with Crippen molar-refractivity contribution in [2.24, 2.45) is 5.73 Å². The molecule has 1 unspecified atom stereocenters. The molecule has 1 fully saturated rings. The number of benzene rings is 1. The Bertz CT molecular complexity index is 458. The lowest BCUT2D eigenvalue weighted by molar-refractivity contribution is 0.0686. The maximum absolute atomic E-state index is 13.5. The molecule has 0 bridgehead atoms. The molecule has 0 amide bonds. The van der Waals surface area contributed by atoms with Gasteiger partial charge in [0.1, 0.15) is 17.2 Å². The second-order valence-electron chi connectivity index (χ2n) is 4.56. The summed E-state index contributed by atoms with van der Waals surface area (Å²) in [6.07, 6.45) is 1.55. The van der Waals surface area contributed by atoms with E-state index in [2.05, 4.69) is 0 Å². The Hall–Kier alpha value is -1.49. The summed E-state index contributed by atoms with van der Waals surface area (Å²) in [6, 6.07) is 1.96. The molecule has 1 aliphatic carbocycles. The quantitative estimate of drug-likeness (QED) is 0.851. The zero-order valence-corrected chi connectivity index (χ0v) is 9.34. The van der Waals surface area contributed by atoms with Gasteiger partial charge in [-0.05, 0) is 37.5 Å². The zero-order chi connectivity index (χ0) is 12.8. The highest BCUT2D eigenvalue weighted by Crippen LogP contribution is 2.50. The highest BCUT2D eigenvalue weighted by atomic mass is 19.1. The number of aromatic carboxylic acids is 1. The molecular weight excluding hydrogens is 228 g/mol. The van der Waals surface area contributed by atoms with Crippen molar-refractivity contribution in [3.05, 3.63) is 34.9 Å². The van der Waals surface area contributed by atoms with Gasteiger partial charge in [0, 0.05) is 11.5 Å². The lowest BCUT2D eigenvalue weighted by Gasteiger charge is -2.20. The summed E-state index contributed by atoms with van der Waals surface area (Å²) < 4.78 is 27.0. The Kier molecular flexibility index (Phi) is 2.66. The van der Waals surface area contributed by atoms with Crippen molar-refractivity contribution in [2.75, 3.05) is 0 Å². The van der Waals surface area contributed by atoms with Crippen LogP contribution in [0.4, 0.5) is 8.78 Å². The van der Waals surface area contributed by atoms with Gasteiger partial charge in [-0.25, -0.2) is 13.6 Å². The van der Waals surface area contributed by atoms with Crippen molar-refractivity contribution in [3.63, 3.8) is 0 Å². The highest BCUT2D eigenvalue weighted by molar-refractivity contribution is 5.88. The van der Waals surface area contributed by atoms with E-state index in [0.29, 0.717) is 5.56 Å². The number of carbonyl (C=O) groups is 1. The molecule has 2 rings (SSSR count). The van der Waals surface area contributed by atoms with Gasteiger partial charge >= 0.3 is 5.97 Å². The van der Waals surface area contributed by atoms with E-state index in [9.17, 15) is 13.6 Å². The SMILES string of the molecule is CC(N)C1(c2cc(F)c(C(=O)O)c(F)c2)CC1. The molecule has 0 spiro atoms. The van der Waals surface area contributed by atoms with Gasteiger partial charge < -0.3 is 10.8 Å². The largest absolute Gasteiger partial charge is 0.477 e. The average Bonchev–Trinajstić information content (AvgIpc) is 2.95. The first-order valence-electron chi connectivity index (χ1n) is 5.37. The van der Waals surface area contributed by atoms with Crippen molar-refractivity contribution in [1.82, 2.24) is 0 Å². The van der Waals surface area contributed by atoms with Gasteiger partial charge in [0.2, 0.25) is 0 Å². The minimum Gasteiger partial charge on any atom is -0.477 e. The Morgan fingerprint density at radius 2 is 1.88 bits per heavy atom. The number of halogens is 2. The van der Waals surface area contributed by atoms with Gasteiger partial charge in [-0.3, -0.25) is 0 Å². The molecule has 1 aliphatic rings. The Morgan fingerprint density at radius 1 is 1.41 bits per heavy atom. The number of hydrogen-bond donors (Lipinski definition) is 2. The lowest BCUT2D eigenvalue weighted by atomic mass is 9.88. The molecule has 3 nitrogen and oxygen atoms in total. The van der Waals surface area contributed by atoms with E-state index < -0.39 is 28.6 Å². The lowest BCUT2D eigenvalue weighted by Crippen LogP contribution is -2.32. The van der Waals surface area contributed by atoms with Crippen LogP contribution in [0.3, 0.4) is 0 Å². The first-order valence-corrected chi connectivity index (χ1v) is 5.37. The molecule has 5 heteroatoms. The standard InChI is InChI=1S/C12H13F2NO2/c1-6(15)12(2-3-12)7-4-8(13)10(11(16)17)9(14)5-7/h4-6H,2-3,15H2,1H3,(H,16,17). The van der Waals surface area contributed by atoms with Crippen LogP contribution in [0.25, 0.3) is 0 Å². The van der Waals surface area contributed by atoms with Crippen molar-refractivity contribution in [3.8, 4) is 0 Å². The number of carboxylic acids is 1. The van der Waals surface area contributed by atoms with Crippen LogP contribution in [0.2, 0.25) is 0 Å². The van der Waals surface area contributed by atoms with Crippen LogP contribution in [0.15, 0.2) is 12.1 Å². The first-order chi connectivity index (χ1) is 7.88. The maximum atomic E-state index is 13.5. The Morgan fingerprint density at radius 3 is 2.18 bits per heavy atom. The smallest absolute Gasteiger partial charge is 0.341 e. The highest BCUT2D eigenvalue weighted by Gasteiger charge is 2.48. The van der Waals surface area contributed by atoms with E-state index in [1.165, 1.54) is 0 Å². The predicted molar refractivity (Wildman–Crippen MR) is 57.9 cm³/mol. The third kappa shape index (κ3) is 1.80. The molecule has 92 valence electrons. The third-order valence-electron chi connectivity index (χ3n) is 3.49. The van der Waals surface area contributed by atoms with Crippen molar-refractivity contribution >= 4 is 5.97 Å². The molecule has 0 heterocycles. The summed E-state index contributed by atoms with van der Waals surface area (Å²) in [5, 5.41) is 8.66. The minimum absolute atomic E-state index is 0.211. The number of hydrogen-bond acceptors (Lipinski definition) is 2. The summed E-state index contributed by atoms with van der Waals surface area (Å²) in [4.78, 5) is 10.6. The van der Waals surface area contributed by atoms with Gasteiger partial charge in [-0.2, -0.15) is 0 Å². The fraction of sp³-hybridized carbons (Fsp3) is 0.417. The monoisotopic (exact) mass is 241 g/mol. The van der Waals surface area contributed by atoms with Crippen LogP contribution in [0, 0.1) is 11.6 Å². The second kappa shape index (κ2) is 3.77. The van der Waals surface area contributed by atoms with Crippen LogP contribution in [0.5, 0.6) is 0 Å². The molecule has 1 saturated carbocycles. The van der Waals surface area contributed by atoms with Crippen molar-refractivity contribution in [2.45, 2.75) is 31.2 Å². The maximum Gasteiger partial charge on any atom is 0.341 e. The average molecular weight is 241 g/mol. The van der Waals surface area contributed by atoms with E-state index in [1.54, 1.807) is 6.92 Å². The molecule has 3 N–H and O–H groups in total. The van der Waals surface area contributed by atoms with Crippen molar-refractivity contribution < 1.29 is 18.7 Å². The van der Waals surface area contributed by atoms with E-state index in [0.717, 1.165) is 25.0 Å². The molecule has 1 aromatic carbocycles. The van der Waals surface area contributed by atoms with E-state index in [4.69, 9.17) is 10.8 Å². The molecule has 1 aromatic rings. The fourth-order valence-corrected chi connectivity index (χ4v) is 2.21. The summed E-state index contributed by atoms with van der Waals surface area (Å²) in [5.74, 6) is -3.68. The molecule has 1 atom stereocenters. The molecule has 17 heavy (non-hydrogen) atoms. The number of carboxylic acid groups (broad SMARTS) is 1. The van der Waals surface area contributed by atoms with Crippen LogP contribution < -0.4 is 5.73 Å². The zero-order valence-electron chi connectivity index (χ0n) is 9.34. The Balaban J connectivity index is 2.50. The summed E-state index contributed by atoms with van der Waals surface area (Å²) >= 11 is 0.